The van der Waals surface area contributed by atoms with E-state index >= 15 is 0 Å². The third-order valence-corrected chi connectivity index (χ3v) is 4.85. The van der Waals surface area contributed by atoms with Crippen LogP contribution < -0.4 is 9.46 Å². The Kier molecular flexibility index (Phi) is 5.78. The van der Waals surface area contributed by atoms with E-state index in [2.05, 4.69) is 9.46 Å². The number of carbonyl (C=O) groups excluding carboxylic acids is 1. The highest BCUT2D eigenvalue weighted by Gasteiger charge is 2.19. The number of anilines is 1. The molecule has 0 saturated heterocycles. The molecule has 0 atom stereocenters. The molecule has 0 heterocycles. The van der Waals surface area contributed by atoms with Gasteiger partial charge in [-0.05, 0) is 37.3 Å². The summed E-state index contributed by atoms with van der Waals surface area (Å²) >= 11 is 0. The summed E-state index contributed by atoms with van der Waals surface area (Å²) in [6.07, 6.45) is 0. The molecular formula is C16H16N2O7S. The Hall–Kier alpha value is -3.14. The van der Waals surface area contributed by atoms with E-state index in [9.17, 15) is 23.3 Å². The number of hydrogen-bond donors (Lipinski definition) is 1. The van der Waals surface area contributed by atoms with Gasteiger partial charge in [-0.1, -0.05) is 6.07 Å². The molecule has 0 saturated carbocycles. The van der Waals surface area contributed by atoms with Crippen LogP contribution in [-0.4, -0.2) is 33.0 Å². The standard InChI is InChI=1S/C16H16N2O7S/c1-11-14(4-3-5-15(11)18(20)21)17-26(22,23)13-8-6-12(7-9-13)25-10-16(19)24-2/h3-9,17H,10H2,1-2H3. The Balaban J connectivity index is 2.19. The van der Waals surface area contributed by atoms with Gasteiger partial charge in [0, 0.05) is 6.07 Å². The molecule has 2 aromatic carbocycles. The molecule has 138 valence electrons. The first-order chi connectivity index (χ1) is 12.2. The predicted molar refractivity (Wildman–Crippen MR) is 92.6 cm³/mol. The van der Waals surface area contributed by atoms with Gasteiger partial charge in [-0.3, -0.25) is 14.8 Å². The second-order valence-electron chi connectivity index (χ2n) is 5.15. The lowest BCUT2D eigenvalue weighted by atomic mass is 10.2. The molecule has 10 heteroatoms. The number of nitrogens with zero attached hydrogens (tertiary/aromatic N) is 1. The fourth-order valence-corrected chi connectivity index (χ4v) is 3.17. The van der Waals surface area contributed by atoms with Crippen molar-refractivity contribution in [3.63, 3.8) is 0 Å². The number of nitrogens with one attached hydrogen (secondary N) is 1. The number of benzene rings is 2. The minimum absolute atomic E-state index is 0.0613. The molecule has 0 amide bonds. The van der Waals surface area contributed by atoms with Gasteiger partial charge in [-0.2, -0.15) is 0 Å². The van der Waals surface area contributed by atoms with Crippen molar-refractivity contribution >= 4 is 27.4 Å². The molecular weight excluding hydrogens is 364 g/mol. The molecule has 0 aliphatic carbocycles. The molecule has 0 unspecified atom stereocenters. The molecule has 9 nitrogen and oxygen atoms in total. The van der Waals surface area contributed by atoms with Gasteiger partial charge < -0.3 is 9.47 Å². The first kappa shape index (κ1) is 19.2. The molecule has 0 aliphatic heterocycles. The van der Waals surface area contributed by atoms with Gasteiger partial charge in [0.1, 0.15) is 5.75 Å². The maximum absolute atomic E-state index is 12.5. The number of esters is 1. The van der Waals surface area contributed by atoms with Gasteiger partial charge in [-0.25, -0.2) is 13.2 Å². The van der Waals surface area contributed by atoms with Crippen LogP contribution in [0.3, 0.4) is 0 Å². The van der Waals surface area contributed by atoms with E-state index < -0.39 is 20.9 Å². The van der Waals surface area contributed by atoms with Crippen molar-refractivity contribution in [1.82, 2.24) is 0 Å². The average Bonchev–Trinajstić information content (AvgIpc) is 2.61. The van der Waals surface area contributed by atoms with Crippen molar-refractivity contribution in [2.75, 3.05) is 18.4 Å². The maximum atomic E-state index is 12.5. The second kappa shape index (κ2) is 7.83. The summed E-state index contributed by atoms with van der Waals surface area (Å²) in [5.41, 5.74) is 0.140. The molecule has 0 aromatic heterocycles. The van der Waals surface area contributed by atoms with Crippen LogP contribution in [0.2, 0.25) is 0 Å². The molecule has 0 aliphatic rings. The Labute approximate surface area is 149 Å². The molecule has 2 rings (SSSR count). The predicted octanol–water partition coefficient (Wildman–Crippen LogP) is 2.26. The Bertz CT molecular complexity index is 924. The lowest BCUT2D eigenvalue weighted by Crippen LogP contribution is -2.15. The summed E-state index contributed by atoms with van der Waals surface area (Å²) in [7, 11) is -2.73. The van der Waals surface area contributed by atoms with E-state index in [1.54, 1.807) is 0 Å². The molecule has 0 radical (unpaired) electrons. The maximum Gasteiger partial charge on any atom is 0.343 e. The van der Waals surface area contributed by atoms with Gasteiger partial charge in [0.25, 0.3) is 15.7 Å². The number of nitro benzene ring substituents is 1. The van der Waals surface area contributed by atoms with E-state index in [0.29, 0.717) is 5.75 Å². The first-order valence-corrected chi connectivity index (χ1v) is 8.79. The Morgan fingerprint density at radius 2 is 1.85 bits per heavy atom. The molecule has 26 heavy (non-hydrogen) atoms. The van der Waals surface area contributed by atoms with Crippen LogP contribution in [0.25, 0.3) is 0 Å². The summed E-state index contributed by atoms with van der Waals surface area (Å²) in [5, 5.41) is 11.0. The van der Waals surface area contributed by atoms with Gasteiger partial charge in [0.05, 0.1) is 28.2 Å². The molecule has 1 N–H and O–H groups in total. The van der Waals surface area contributed by atoms with Gasteiger partial charge in [-0.15, -0.1) is 0 Å². The number of methoxy groups -OCH3 is 1. The fraction of sp³-hybridized carbons (Fsp3) is 0.188. The van der Waals surface area contributed by atoms with Crippen molar-refractivity contribution in [3.8, 4) is 5.75 Å². The van der Waals surface area contributed by atoms with Gasteiger partial charge in [0.15, 0.2) is 6.61 Å². The van der Waals surface area contributed by atoms with E-state index in [1.165, 1.54) is 56.5 Å². The van der Waals surface area contributed by atoms with Crippen LogP contribution in [-0.2, 0) is 19.6 Å². The van der Waals surface area contributed by atoms with Crippen LogP contribution in [0.5, 0.6) is 5.75 Å². The molecule has 0 spiro atoms. The number of hydrogen-bond acceptors (Lipinski definition) is 7. The zero-order valence-electron chi connectivity index (χ0n) is 14.0. The number of carbonyl (C=O) groups is 1. The Morgan fingerprint density at radius 3 is 2.42 bits per heavy atom. The summed E-state index contributed by atoms with van der Waals surface area (Å²) < 4.78 is 36.8. The highest BCUT2D eigenvalue weighted by atomic mass is 32.2. The zero-order valence-corrected chi connectivity index (χ0v) is 14.8. The minimum Gasteiger partial charge on any atom is -0.482 e. The third kappa shape index (κ3) is 4.48. The van der Waals surface area contributed by atoms with Crippen LogP contribution >= 0.6 is 0 Å². The normalized spacial score (nSPS) is 10.8. The SMILES string of the molecule is COC(=O)COc1ccc(S(=O)(=O)Nc2cccc([N+](=O)[O-])c2C)cc1. The number of nitro groups is 1. The average molecular weight is 380 g/mol. The lowest BCUT2D eigenvalue weighted by molar-refractivity contribution is -0.385. The number of rotatable bonds is 7. The highest BCUT2D eigenvalue weighted by molar-refractivity contribution is 7.92. The van der Waals surface area contributed by atoms with Gasteiger partial charge >= 0.3 is 5.97 Å². The van der Waals surface area contributed by atoms with E-state index in [1.807, 2.05) is 0 Å². The monoisotopic (exact) mass is 380 g/mol. The number of sulfonamides is 1. The smallest absolute Gasteiger partial charge is 0.343 e. The summed E-state index contributed by atoms with van der Waals surface area (Å²) in [6.45, 7) is 1.16. The fourth-order valence-electron chi connectivity index (χ4n) is 2.05. The topological polar surface area (TPSA) is 125 Å². The second-order valence-corrected chi connectivity index (χ2v) is 6.83. The zero-order chi connectivity index (χ0) is 19.3. The van der Waals surface area contributed by atoms with Gasteiger partial charge in [0.2, 0.25) is 0 Å². The van der Waals surface area contributed by atoms with Crippen LogP contribution in [0.4, 0.5) is 11.4 Å². The van der Waals surface area contributed by atoms with Crippen LogP contribution in [0, 0.1) is 17.0 Å². The number of ether oxygens (including phenoxy) is 2. The van der Waals surface area contributed by atoms with E-state index in [0.717, 1.165) is 0 Å². The lowest BCUT2D eigenvalue weighted by Gasteiger charge is -2.11. The summed E-state index contributed by atoms with van der Waals surface area (Å²) in [6, 6.07) is 9.49. The minimum atomic E-state index is -3.95. The summed E-state index contributed by atoms with van der Waals surface area (Å²) in [5.74, 6) is -0.273. The third-order valence-electron chi connectivity index (χ3n) is 3.46. The van der Waals surface area contributed by atoms with Crippen molar-refractivity contribution in [3.05, 3.63) is 58.1 Å². The van der Waals surface area contributed by atoms with Crippen molar-refractivity contribution in [2.45, 2.75) is 11.8 Å². The largest absolute Gasteiger partial charge is 0.482 e. The summed E-state index contributed by atoms with van der Waals surface area (Å²) in [4.78, 5) is 21.3. The molecule has 0 fully saturated rings. The van der Waals surface area contributed by atoms with Crippen LogP contribution in [0.1, 0.15) is 5.56 Å². The van der Waals surface area contributed by atoms with Crippen molar-refractivity contribution in [1.29, 1.82) is 0 Å². The van der Waals surface area contributed by atoms with Crippen LogP contribution in [0.15, 0.2) is 47.4 Å². The van der Waals surface area contributed by atoms with E-state index in [4.69, 9.17) is 4.74 Å². The first-order valence-electron chi connectivity index (χ1n) is 7.31. The van der Waals surface area contributed by atoms with Crippen molar-refractivity contribution in [2.24, 2.45) is 0 Å². The van der Waals surface area contributed by atoms with E-state index in [-0.39, 0.29) is 28.4 Å². The van der Waals surface area contributed by atoms with Crippen molar-refractivity contribution < 1.29 is 27.6 Å². The highest BCUT2D eigenvalue weighted by Crippen LogP contribution is 2.27. The quantitative estimate of drug-likeness (QED) is 0.444. The molecule has 2 aromatic rings. The molecule has 0 bridgehead atoms. The Morgan fingerprint density at radius 1 is 1.19 bits per heavy atom.